The van der Waals surface area contributed by atoms with Crippen LogP contribution in [0.4, 0.5) is 8.78 Å². The number of piperazine rings is 1. The highest BCUT2D eigenvalue weighted by Crippen LogP contribution is 2.30. The number of rotatable bonds is 7. The lowest BCUT2D eigenvalue weighted by atomic mass is 10.2. The minimum absolute atomic E-state index is 0.100. The van der Waals surface area contributed by atoms with E-state index in [1.165, 1.54) is 41.8 Å². The zero-order chi connectivity index (χ0) is 22.4. The molecule has 0 aliphatic carbocycles. The summed E-state index contributed by atoms with van der Waals surface area (Å²) in [5.41, 5.74) is 0.567. The SMILES string of the molecule is COc1cc(/C=C/C(=O)N2CCN(S(=O)(=O)c3ccccc3)CC2)ccc1OC(F)F. The molecule has 2 aromatic rings. The molecule has 166 valence electrons. The van der Waals surface area contributed by atoms with Gasteiger partial charge in [-0.1, -0.05) is 24.3 Å². The van der Waals surface area contributed by atoms with Crippen molar-refractivity contribution in [2.45, 2.75) is 11.5 Å². The van der Waals surface area contributed by atoms with Crippen molar-refractivity contribution in [3.05, 3.63) is 60.2 Å². The largest absolute Gasteiger partial charge is 0.493 e. The quantitative estimate of drug-likeness (QED) is 0.604. The van der Waals surface area contributed by atoms with Crippen LogP contribution >= 0.6 is 0 Å². The van der Waals surface area contributed by atoms with Crippen LogP contribution in [0.1, 0.15) is 5.56 Å². The number of halogens is 2. The van der Waals surface area contributed by atoms with Gasteiger partial charge in [0.25, 0.3) is 0 Å². The number of benzene rings is 2. The molecular weight excluding hydrogens is 430 g/mol. The van der Waals surface area contributed by atoms with Gasteiger partial charge >= 0.3 is 6.61 Å². The first-order valence-electron chi connectivity index (χ1n) is 9.46. The summed E-state index contributed by atoms with van der Waals surface area (Å²) in [4.78, 5) is 14.3. The molecule has 1 amide bonds. The highest BCUT2D eigenvalue weighted by atomic mass is 32.2. The number of hydrogen-bond acceptors (Lipinski definition) is 5. The van der Waals surface area contributed by atoms with Crippen molar-refractivity contribution in [3.63, 3.8) is 0 Å². The van der Waals surface area contributed by atoms with E-state index < -0.39 is 16.6 Å². The lowest BCUT2D eigenvalue weighted by Gasteiger charge is -2.33. The summed E-state index contributed by atoms with van der Waals surface area (Å²) in [6.45, 7) is -2.05. The number of carbonyl (C=O) groups is 1. The predicted octanol–water partition coefficient (Wildman–Crippen LogP) is 2.84. The molecule has 3 rings (SSSR count). The highest BCUT2D eigenvalue weighted by molar-refractivity contribution is 7.89. The summed E-state index contributed by atoms with van der Waals surface area (Å²) < 4.78 is 60.9. The molecule has 0 bridgehead atoms. The Labute approximate surface area is 179 Å². The summed E-state index contributed by atoms with van der Waals surface area (Å²) in [5.74, 6) is -0.255. The number of amides is 1. The molecule has 0 radical (unpaired) electrons. The van der Waals surface area contributed by atoms with Crippen molar-refractivity contribution in [1.82, 2.24) is 9.21 Å². The van der Waals surface area contributed by atoms with Crippen molar-refractivity contribution in [3.8, 4) is 11.5 Å². The predicted molar refractivity (Wildman–Crippen MR) is 110 cm³/mol. The first-order chi connectivity index (χ1) is 14.8. The molecule has 7 nitrogen and oxygen atoms in total. The topological polar surface area (TPSA) is 76.2 Å². The Morgan fingerprint density at radius 1 is 1.03 bits per heavy atom. The number of nitrogens with zero attached hydrogens (tertiary/aromatic N) is 2. The summed E-state index contributed by atoms with van der Waals surface area (Å²) >= 11 is 0. The molecular formula is C21H22F2N2O5S. The van der Waals surface area contributed by atoms with Crippen molar-refractivity contribution < 1.29 is 31.5 Å². The number of alkyl halides is 2. The van der Waals surface area contributed by atoms with E-state index in [1.807, 2.05) is 0 Å². The number of ether oxygens (including phenoxy) is 2. The lowest BCUT2D eigenvalue weighted by molar-refractivity contribution is -0.127. The van der Waals surface area contributed by atoms with Crippen LogP contribution in [0.5, 0.6) is 11.5 Å². The number of hydrogen-bond donors (Lipinski definition) is 0. The number of methoxy groups -OCH3 is 1. The minimum atomic E-state index is -3.59. The van der Waals surface area contributed by atoms with Crippen molar-refractivity contribution in [1.29, 1.82) is 0 Å². The van der Waals surface area contributed by atoms with Gasteiger partial charge in [-0.15, -0.1) is 0 Å². The van der Waals surface area contributed by atoms with Gasteiger partial charge in [-0.3, -0.25) is 4.79 Å². The van der Waals surface area contributed by atoms with Gasteiger partial charge in [0, 0.05) is 32.3 Å². The molecule has 0 unspecified atom stereocenters. The van der Waals surface area contributed by atoms with Crippen LogP contribution in [0.3, 0.4) is 0 Å². The second-order valence-electron chi connectivity index (χ2n) is 6.66. The van der Waals surface area contributed by atoms with Crippen molar-refractivity contribution in [2.24, 2.45) is 0 Å². The van der Waals surface area contributed by atoms with E-state index in [-0.39, 0.29) is 48.5 Å². The van der Waals surface area contributed by atoms with Gasteiger partial charge < -0.3 is 14.4 Å². The van der Waals surface area contributed by atoms with Gasteiger partial charge in [0.2, 0.25) is 15.9 Å². The van der Waals surface area contributed by atoms with Gasteiger partial charge in [-0.2, -0.15) is 13.1 Å². The molecule has 31 heavy (non-hydrogen) atoms. The maximum Gasteiger partial charge on any atom is 0.387 e. The fraction of sp³-hybridized carbons (Fsp3) is 0.286. The van der Waals surface area contributed by atoms with Crippen molar-refractivity contribution in [2.75, 3.05) is 33.3 Å². The molecule has 0 saturated carbocycles. The smallest absolute Gasteiger partial charge is 0.387 e. The third-order valence-corrected chi connectivity index (χ3v) is 6.67. The Morgan fingerprint density at radius 2 is 1.71 bits per heavy atom. The molecule has 1 heterocycles. The Balaban J connectivity index is 1.61. The average Bonchev–Trinajstić information content (AvgIpc) is 2.78. The van der Waals surface area contributed by atoms with Crippen molar-refractivity contribution >= 4 is 22.0 Å². The van der Waals surface area contributed by atoms with E-state index in [1.54, 1.807) is 35.2 Å². The van der Waals surface area contributed by atoms with E-state index in [2.05, 4.69) is 4.74 Å². The van der Waals surface area contributed by atoms with Crippen LogP contribution in [0, 0.1) is 0 Å². The van der Waals surface area contributed by atoms with Gasteiger partial charge in [0.15, 0.2) is 11.5 Å². The first kappa shape index (κ1) is 22.7. The second kappa shape index (κ2) is 9.88. The number of carbonyl (C=O) groups excluding carboxylic acids is 1. The van der Waals surface area contributed by atoms with E-state index in [0.29, 0.717) is 5.56 Å². The monoisotopic (exact) mass is 452 g/mol. The molecule has 0 N–H and O–H groups in total. The maximum absolute atomic E-state index is 12.7. The van der Waals surface area contributed by atoms with Crippen LogP contribution in [0.15, 0.2) is 59.5 Å². The second-order valence-corrected chi connectivity index (χ2v) is 8.60. The third-order valence-electron chi connectivity index (χ3n) is 4.75. The molecule has 1 aliphatic heterocycles. The summed E-state index contributed by atoms with van der Waals surface area (Å²) in [7, 11) is -2.26. The molecule has 1 fully saturated rings. The molecule has 1 aliphatic rings. The Morgan fingerprint density at radius 3 is 2.32 bits per heavy atom. The first-order valence-corrected chi connectivity index (χ1v) is 10.9. The maximum atomic E-state index is 12.7. The third kappa shape index (κ3) is 5.59. The number of sulfonamides is 1. The van der Waals surface area contributed by atoms with E-state index in [4.69, 9.17) is 4.74 Å². The van der Waals surface area contributed by atoms with Gasteiger partial charge in [-0.05, 0) is 35.9 Å². The average molecular weight is 452 g/mol. The fourth-order valence-electron chi connectivity index (χ4n) is 3.14. The van der Waals surface area contributed by atoms with Crippen LogP contribution in [0.25, 0.3) is 6.08 Å². The molecule has 10 heteroatoms. The van der Waals surface area contributed by atoms with Crippen LogP contribution in [-0.2, 0) is 14.8 Å². The summed E-state index contributed by atoms with van der Waals surface area (Å²) in [5, 5.41) is 0. The lowest BCUT2D eigenvalue weighted by Crippen LogP contribution is -2.50. The van der Waals surface area contributed by atoms with Gasteiger partial charge in [0.1, 0.15) is 0 Å². The zero-order valence-corrected chi connectivity index (χ0v) is 17.6. The Hall–Kier alpha value is -2.98. The Bertz CT molecular complexity index is 1040. The molecule has 1 saturated heterocycles. The van der Waals surface area contributed by atoms with E-state index >= 15 is 0 Å². The van der Waals surface area contributed by atoms with Gasteiger partial charge in [-0.25, -0.2) is 8.42 Å². The molecule has 0 atom stereocenters. The zero-order valence-electron chi connectivity index (χ0n) is 16.8. The van der Waals surface area contributed by atoms with Gasteiger partial charge in [0.05, 0.1) is 12.0 Å². The normalized spacial score (nSPS) is 15.4. The fourth-order valence-corrected chi connectivity index (χ4v) is 4.59. The Kier molecular flexibility index (Phi) is 7.24. The standard InChI is InChI=1S/C21H22F2N2O5S/c1-29-19-15-16(7-9-18(19)30-21(22)23)8-10-20(26)24-11-13-25(14-12-24)31(27,28)17-5-3-2-4-6-17/h2-10,15,21H,11-14H2,1H3/b10-8+. The minimum Gasteiger partial charge on any atom is -0.493 e. The van der Waals surface area contributed by atoms with E-state index in [9.17, 15) is 22.0 Å². The van der Waals surface area contributed by atoms with Crippen LogP contribution in [-0.4, -0.2) is 63.4 Å². The summed E-state index contributed by atoms with van der Waals surface area (Å²) in [6, 6.07) is 12.5. The van der Waals surface area contributed by atoms with Crippen LogP contribution < -0.4 is 9.47 Å². The van der Waals surface area contributed by atoms with Crippen LogP contribution in [0.2, 0.25) is 0 Å². The molecule has 0 aromatic heterocycles. The molecule has 2 aromatic carbocycles. The summed E-state index contributed by atoms with van der Waals surface area (Å²) in [6.07, 6.45) is 2.88. The van der Waals surface area contributed by atoms with E-state index in [0.717, 1.165) is 0 Å². The molecule has 0 spiro atoms. The highest BCUT2D eigenvalue weighted by Gasteiger charge is 2.29.